The SMILES string of the molecule is Cc1ccc(C)c2sc(N(Cc3ccco3)C(=O)C3CCCN(S(=O)(=O)c4ccc(F)cc4)C3)nc12. The molecule has 0 aliphatic carbocycles. The van der Waals surface area contributed by atoms with E-state index in [1.807, 2.05) is 26.0 Å². The maximum Gasteiger partial charge on any atom is 0.243 e. The molecule has 0 spiro atoms. The number of thiazole rings is 1. The molecule has 1 aliphatic rings. The van der Waals surface area contributed by atoms with E-state index in [-0.39, 0.29) is 23.9 Å². The molecule has 0 N–H and O–H groups in total. The molecule has 2 aromatic carbocycles. The summed E-state index contributed by atoms with van der Waals surface area (Å²) in [5.74, 6) is -0.629. The maximum atomic E-state index is 13.9. The van der Waals surface area contributed by atoms with E-state index in [1.54, 1.807) is 23.3 Å². The van der Waals surface area contributed by atoms with E-state index in [1.165, 1.54) is 27.8 Å². The Labute approximate surface area is 213 Å². The Morgan fingerprint density at radius 1 is 1.17 bits per heavy atom. The molecule has 4 aromatic rings. The fourth-order valence-corrected chi connectivity index (χ4v) is 7.14. The number of hydrogen-bond acceptors (Lipinski definition) is 6. The lowest BCUT2D eigenvalue weighted by Crippen LogP contribution is -2.46. The van der Waals surface area contributed by atoms with Gasteiger partial charge in [-0.25, -0.2) is 17.8 Å². The molecule has 36 heavy (non-hydrogen) atoms. The molecule has 1 unspecified atom stereocenters. The molecule has 188 valence electrons. The van der Waals surface area contributed by atoms with Gasteiger partial charge in [-0.2, -0.15) is 4.31 Å². The fourth-order valence-electron chi connectivity index (χ4n) is 4.50. The van der Waals surface area contributed by atoms with Crippen LogP contribution in [0.3, 0.4) is 0 Å². The zero-order chi connectivity index (χ0) is 25.4. The third-order valence-electron chi connectivity index (χ3n) is 6.51. The summed E-state index contributed by atoms with van der Waals surface area (Å²) in [7, 11) is -3.85. The molecule has 2 aromatic heterocycles. The third kappa shape index (κ3) is 4.68. The highest BCUT2D eigenvalue weighted by atomic mass is 32.2. The summed E-state index contributed by atoms with van der Waals surface area (Å²) in [6.07, 6.45) is 2.66. The molecule has 7 nitrogen and oxygen atoms in total. The summed E-state index contributed by atoms with van der Waals surface area (Å²) >= 11 is 1.45. The first-order valence-electron chi connectivity index (χ1n) is 11.7. The Morgan fingerprint density at radius 3 is 2.61 bits per heavy atom. The lowest BCUT2D eigenvalue weighted by molar-refractivity contribution is -0.123. The number of sulfonamides is 1. The molecule has 0 bridgehead atoms. The van der Waals surface area contributed by atoms with Crippen LogP contribution >= 0.6 is 11.3 Å². The number of rotatable bonds is 6. The van der Waals surface area contributed by atoms with Gasteiger partial charge in [-0.3, -0.25) is 9.69 Å². The zero-order valence-electron chi connectivity index (χ0n) is 20.0. The van der Waals surface area contributed by atoms with Gasteiger partial charge >= 0.3 is 0 Å². The molecule has 10 heteroatoms. The lowest BCUT2D eigenvalue weighted by Gasteiger charge is -2.33. The van der Waals surface area contributed by atoms with Crippen LogP contribution in [-0.4, -0.2) is 36.7 Å². The minimum Gasteiger partial charge on any atom is -0.467 e. The van der Waals surface area contributed by atoms with Crippen molar-refractivity contribution in [1.29, 1.82) is 0 Å². The molecule has 3 heterocycles. The van der Waals surface area contributed by atoms with Gasteiger partial charge in [0, 0.05) is 13.1 Å². The van der Waals surface area contributed by atoms with Gasteiger partial charge in [0.1, 0.15) is 11.6 Å². The summed E-state index contributed by atoms with van der Waals surface area (Å²) in [4.78, 5) is 20.3. The van der Waals surface area contributed by atoms with Crippen LogP contribution in [0.5, 0.6) is 0 Å². The van der Waals surface area contributed by atoms with Crippen LogP contribution in [0.15, 0.2) is 64.1 Å². The predicted molar refractivity (Wildman–Crippen MR) is 137 cm³/mol. The minimum atomic E-state index is -3.85. The summed E-state index contributed by atoms with van der Waals surface area (Å²) in [5, 5.41) is 0.558. The van der Waals surface area contributed by atoms with Crippen LogP contribution in [0.4, 0.5) is 9.52 Å². The quantitative estimate of drug-likeness (QED) is 0.341. The first kappa shape index (κ1) is 24.6. The monoisotopic (exact) mass is 527 g/mol. The molecular formula is C26H26FN3O4S2. The molecule has 0 saturated carbocycles. The van der Waals surface area contributed by atoms with Crippen LogP contribution in [0.1, 0.15) is 29.7 Å². The number of halogens is 1. The number of carbonyl (C=O) groups excluding carboxylic acids is 1. The average Bonchev–Trinajstić information content (AvgIpc) is 3.56. The number of hydrogen-bond donors (Lipinski definition) is 0. The third-order valence-corrected chi connectivity index (χ3v) is 9.60. The molecule has 1 amide bonds. The van der Waals surface area contributed by atoms with E-state index in [0.717, 1.165) is 33.5 Å². The molecule has 1 atom stereocenters. The molecular weight excluding hydrogens is 501 g/mol. The number of anilines is 1. The van der Waals surface area contributed by atoms with Crippen molar-refractivity contribution in [2.75, 3.05) is 18.0 Å². The Bertz CT molecular complexity index is 1460. The topological polar surface area (TPSA) is 83.7 Å². The van der Waals surface area contributed by atoms with Gasteiger partial charge in [-0.05, 0) is 74.2 Å². The number of amides is 1. The minimum absolute atomic E-state index is 0.0153. The maximum absolute atomic E-state index is 13.9. The van der Waals surface area contributed by atoms with Gasteiger partial charge < -0.3 is 4.42 Å². The van der Waals surface area contributed by atoms with Crippen LogP contribution in [0, 0.1) is 25.6 Å². The second-order valence-corrected chi connectivity index (χ2v) is 11.9. The molecule has 5 rings (SSSR count). The van der Waals surface area contributed by atoms with Gasteiger partial charge in [0.25, 0.3) is 0 Å². The lowest BCUT2D eigenvalue weighted by atomic mass is 9.98. The summed E-state index contributed by atoms with van der Waals surface area (Å²) in [6.45, 7) is 4.56. The number of piperidine rings is 1. The van der Waals surface area contributed by atoms with E-state index in [4.69, 9.17) is 9.40 Å². The number of benzene rings is 2. The summed E-state index contributed by atoms with van der Waals surface area (Å²) < 4.78 is 47.6. The standard InChI is InChI=1S/C26H26FN3O4S2/c1-17-7-8-18(2)24-23(17)28-26(35-24)30(16-21-6-4-14-34-21)25(31)19-5-3-13-29(15-19)36(32,33)22-11-9-20(27)10-12-22/h4,6-12,14,19H,3,5,13,15-16H2,1-2H3. The van der Waals surface area contributed by atoms with Crippen LogP contribution in [0.2, 0.25) is 0 Å². The number of aryl methyl sites for hydroxylation is 2. The van der Waals surface area contributed by atoms with Crippen molar-refractivity contribution >= 4 is 42.6 Å². The first-order valence-corrected chi connectivity index (χ1v) is 14.0. The van der Waals surface area contributed by atoms with E-state index in [2.05, 4.69) is 0 Å². The van der Waals surface area contributed by atoms with Crippen molar-refractivity contribution < 1.29 is 22.0 Å². The van der Waals surface area contributed by atoms with Crippen molar-refractivity contribution in [2.24, 2.45) is 5.92 Å². The Hall–Kier alpha value is -3.08. The van der Waals surface area contributed by atoms with E-state index in [0.29, 0.717) is 30.3 Å². The normalized spacial score (nSPS) is 16.9. The Kier molecular flexibility index (Phi) is 6.67. The van der Waals surface area contributed by atoms with Crippen LogP contribution < -0.4 is 4.90 Å². The van der Waals surface area contributed by atoms with Gasteiger partial charge in [0.15, 0.2) is 5.13 Å². The Balaban J connectivity index is 1.46. The highest BCUT2D eigenvalue weighted by molar-refractivity contribution is 7.89. The van der Waals surface area contributed by atoms with Crippen molar-refractivity contribution in [3.63, 3.8) is 0 Å². The number of carbonyl (C=O) groups is 1. The Morgan fingerprint density at radius 2 is 1.92 bits per heavy atom. The molecule has 1 fully saturated rings. The summed E-state index contributed by atoms with van der Waals surface area (Å²) in [5.41, 5.74) is 2.97. The van der Waals surface area contributed by atoms with Gasteiger partial charge in [-0.1, -0.05) is 23.5 Å². The fraction of sp³-hybridized carbons (Fsp3) is 0.308. The van der Waals surface area contributed by atoms with Crippen molar-refractivity contribution in [1.82, 2.24) is 9.29 Å². The van der Waals surface area contributed by atoms with Crippen molar-refractivity contribution in [3.05, 3.63) is 77.5 Å². The van der Waals surface area contributed by atoms with Gasteiger partial charge in [-0.15, -0.1) is 0 Å². The largest absolute Gasteiger partial charge is 0.467 e. The van der Waals surface area contributed by atoms with Crippen molar-refractivity contribution in [2.45, 2.75) is 38.1 Å². The molecule has 1 aliphatic heterocycles. The number of aromatic nitrogens is 1. The van der Waals surface area contributed by atoms with Gasteiger partial charge in [0.05, 0.1) is 33.8 Å². The highest BCUT2D eigenvalue weighted by Gasteiger charge is 2.36. The number of nitrogens with zero attached hydrogens (tertiary/aromatic N) is 3. The number of furan rings is 1. The molecule has 1 saturated heterocycles. The average molecular weight is 528 g/mol. The van der Waals surface area contributed by atoms with Crippen molar-refractivity contribution in [3.8, 4) is 0 Å². The van der Waals surface area contributed by atoms with Gasteiger partial charge in [0.2, 0.25) is 15.9 Å². The second-order valence-electron chi connectivity index (χ2n) is 9.03. The highest BCUT2D eigenvalue weighted by Crippen LogP contribution is 2.35. The smallest absolute Gasteiger partial charge is 0.243 e. The van der Waals surface area contributed by atoms with E-state index >= 15 is 0 Å². The van der Waals surface area contributed by atoms with E-state index in [9.17, 15) is 17.6 Å². The van der Waals surface area contributed by atoms with Crippen LogP contribution in [-0.2, 0) is 21.4 Å². The van der Waals surface area contributed by atoms with E-state index < -0.39 is 21.8 Å². The molecule has 0 radical (unpaired) electrons. The number of fused-ring (bicyclic) bond motifs is 1. The zero-order valence-corrected chi connectivity index (χ0v) is 21.6. The van der Waals surface area contributed by atoms with Crippen LogP contribution in [0.25, 0.3) is 10.2 Å². The predicted octanol–water partition coefficient (Wildman–Crippen LogP) is 5.28. The first-order chi connectivity index (χ1) is 17.2. The second kappa shape index (κ2) is 9.76. The summed E-state index contributed by atoms with van der Waals surface area (Å²) in [6, 6.07) is 12.4.